The molecule has 1 rings (SSSR count). The fourth-order valence-electron chi connectivity index (χ4n) is 1.13. The van der Waals surface area contributed by atoms with Crippen molar-refractivity contribution < 1.29 is 9.53 Å². The van der Waals surface area contributed by atoms with Crippen LogP contribution in [0, 0.1) is 0 Å². The highest BCUT2D eigenvalue weighted by atomic mass is 79.9. The summed E-state index contributed by atoms with van der Waals surface area (Å²) in [5, 5.41) is 5.52. The SMILES string of the molecule is CNCC(=O)Nc1cc(Br)ccc1OC. The Labute approximate surface area is 97.1 Å². The predicted molar refractivity (Wildman–Crippen MR) is 63.3 cm³/mol. The monoisotopic (exact) mass is 272 g/mol. The van der Waals surface area contributed by atoms with E-state index < -0.39 is 0 Å². The summed E-state index contributed by atoms with van der Waals surface area (Å²) in [7, 11) is 3.29. The number of halogens is 1. The second-order valence-electron chi connectivity index (χ2n) is 2.92. The van der Waals surface area contributed by atoms with Crippen molar-refractivity contribution in [1.82, 2.24) is 5.32 Å². The number of rotatable bonds is 4. The molecular weight excluding hydrogens is 260 g/mol. The lowest BCUT2D eigenvalue weighted by molar-refractivity contribution is -0.115. The normalized spacial score (nSPS) is 9.80. The summed E-state index contributed by atoms with van der Waals surface area (Å²) in [5.41, 5.74) is 0.659. The van der Waals surface area contributed by atoms with Crippen LogP contribution in [-0.4, -0.2) is 26.6 Å². The predicted octanol–water partition coefficient (Wildman–Crippen LogP) is 1.62. The van der Waals surface area contributed by atoms with Crippen molar-refractivity contribution in [1.29, 1.82) is 0 Å². The number of carbonyl (C=O) groups excluding carboxylic acids is 1. The largest absolute Gasteiger partial charge is 0.495 e. The minimum Gasteiger partial charge on any atom is -0.495 e. The fraction of sp³-hybridized carbons (Fsp3) is 0.300. The summed E-state index contributed by atoms with van der Waals surface area (Å²) in [5.74, 6) is 0.538. The Morgan fingerprint density at radius 3 is 2.87 bits per heavy atom. The molecule has 0 saturated heterocycles. The molecule has 0 radical (unpaired) electrons. The number of anilines is 1. The molecule has 0 fully saturated rings. The van der Waals surface area contributed by atoms with E-state index in [0.29, 0.717) is 11.4 Å². The van der Waals surface area contributed by atoms with E-state index in [-0.39, 0.29) is 12.5 Å². The third-order valence-corrected chi connectivity index (χ3v) is 2.27. The van der Waals surface area contributed by atoms with E-state index in [9.17, 15) is 4.79 Å². The number of ether oxygens (including phenoxy) is 1. The van der Waals surface area contributed by atoms with Crippen molar-refractivity contribution >= 4 is 27.5 Å². The highest BCUT2D eigenvalue weighted by molar-refractivity contribution is 9.10. The molecule has 0 spiro atoms. The first kappa shape index (κ1) is 12.0. The molecule has 0 saturated carbocycles. The van der Waals surface area contributed by atoms with Crippen molar-refractivity contribution in [3.8, 4) is 5.75 Å². The van der Waals surface area contributed by atoms with Gasteiger partial charge in [-0.1, -0.05) is 15.9 Å². The Bertz CT molecular complexity index is 355. The van der Waals surface area contributed by atoms with Crippen LogP contribution in [0.2, 0.25) is 0 Å². The van der Waals surface area contributed by atoms with Crippen molar-refractivity contribution in [3.05, 3.63) is 22.7 Å². The average Bonchev–Trinajstić information content (AvgIpc) is 2.18. The number of carbonyl (C=O) groups is 1. The lowest BCUT2D eigenvalue weighted by Crippen LogP contribution is -2.25. The van der Waals surface area contributed by atoms with Gasteiger partial charge in [0.25, 0.3) is 0 Å². The van der Waals surface area contributed by atoms with E-state index in [1.165, 1.54) is 0 Å². The Balaban J connectivity index is 2.82. The van der Waals surface area contributed by atoms with E-state index >= 15 is 0 Å². The maximum atomic E-state index is 11.3. The Morgan fingerprint density at radius 2 is 2.27 bits per heavy atom. The van der Waals surface area contributed by atoms with Gasteiger partial charge in [-0.25, -0.2) is 0 Å². The Kier molecular flexibility index (Phi) is 4.58. The number of likely N-dealkylation sites (N-methyl/N-ethyl adjacent to an activating group) is 1. The van der Waals surface area contributed by atoms with Crippen molar-refractivity contribution in [3.63, 3.8) is 0 Å². The van der Waals surface area contributed by atoms with Gasteiger partial charge in [0.15, 0.2) is 0 Å². The van der Waals surface area contributed by atoms with Crippen LogP contribution < -0.4 is 15.4 Å². The molecule has 0 aliphatic rings. The van der Waals surface area contributed by atoms with Gasteiger partial charge in [0.1, 0.15) is 5.75 Å². The minimum absolute atomic E-state index is 0.103. The smallest absolute Gasteiger partial charge is 0.238 e. The quantitative estimate of drug-likeness (QED) is 0.876. The summed E-state index contributed by atoms with van der Waals surface area (Å²) < 4.78 is 6.02. The molecule has 0 aliphatic heterocycles. The minimum atomic E-state index is -0.103. The number of hydrogen-bond donors (Lipinski definition) is 2. The van der Waals surface area contributed by atoms with Crippen LogP contribution in [0.4, 0.5) is 5.69 Å². The summed E-state index contributed by atoms with van der Waals surface area (Å²) in [6, 6.07) is 5.44. The second kappa shape index (κ2) is 5.72. The lowest BCUT2D eigenvalue weighted by atomic mass is 10.3. The number of nitrogens with one attached hydrogen (secondary N) is 2. The molecule has 2 N–H and O–H groups in total. The highest BCUT2D eigenvalue weighted by Gasteiger charge is 2.06. The topological polar surface area (TPSA) is 50.4 Å². The van der Waals surface area contributed by atoms with Crippen LogP contribution in [0.5, 0.6) is 5.75 Å². The van der Waals surface area contributed by atoms with Crippen molar-refractivity contribution in [2.24, 2.45) is 0 Å². The van der Waals surface area contributed by atoms with Crippen LogP contribution in [0.3, 0.4) is 0 Å². The standard InChI is InChI=1S/C10H13BrN2O2/c1-12-6-10(14)13-8-5-7(11)3-4-9(8)15-2/h3-5,12H,6H2,1-2H3,(H,13,14). The van der Waals surface area contributed by atoms with Crippen LogP contribution in [0.25, 0.3) is 0 Å². The molecule has 5 heteroatoms. The van der Waals surface area contributed by atoms with E-state index in [4.69, 9.17) is 4.74 Å². The Hall–Kier alpha value is -1.07. The molecule has 0 unspecified atom stereocenters. The number of amides is 1. The molecule has 1 aromatic rings. The van der Waals surface area contributed by atoms with Gasteiger partial charge >= 0.3 is 0 Å². The number of benzene rings is 1. The van der Waals surface area contributed by atoms with E-state index in [2.05, 4.69) is 26.6 Å². The molecule has 4 nitrogen and oxygen atoms in total. The lowest BCUT2D eigenvalue weighted by Gasteiger charge is -2.10. The van der Waals surface area contributed by atoms with E-state index in [1.54, 1.807) is 26.3 Å². The van der Waals surface area contributed by atoms with Gasteiger partial charge in [-0.3, -0.25) is 4.79 Å². The van der Waals surface area contributed by atoms with Gasteiger partial charge in [0.2, 0.25) is 5.91 Å². The number of hydrogen-bond acceptors (Lipinski definition) is 3. The van der Waals surface area contributed by atoms with Crippen LogP contribution in [0.15, 0.2) is 22.7 Å². The molecule has 0 heterocycles. The molecule has 0 bridgehead atoms. The molecule has 0 aromatic heterocycles. The first-order valence-corrected chi connectivity index (χ1v) is 5.24. The third-order valence-electron chi connectivity index (χ3n) is 1.77. The maximum Gasteiger partial charge on any atom is 0.238 e. The zero-order chi connectivity index (χ0) is 11.3. The van der Waals surface area contributed by atoms with Gasteiger partial charge in [-0.2, -0.15) is 0 Å². The van der Waals surface area contributed by atoms with Crippen LogP contribution in [0.1, 0.15) is 0 Å². The molecule has 0 atom stereocenters. The average molecular weight is 273 g/mol. The van der Waals surface area contributed by atoms with Crippen molar-refractivity contribution in [2.75, 3.05) is 26.0 Å². The zero-order valence-corrected chi connectivity index (χ0v) is 10.2. The van der Waals surface area contributed by atoms with Crippen LogP contribution >= 0.6 is 15.9 Å². The van der Waals surface area contributed by atoms with Gasteiger partial charge in [-0.15, -0.1) is 0 Å². The summed E-state index contributed by atoms with van der Waals surface area (Å²) in [4.78, 5) is 11.3. The van der Waals surface area contributed by atoms with Gasteiger partial charge in [0.05, 0.1) is 19.3 Å². The summed E-state index contributed by atoms with van der Waals surface area (Å²) in [6.07, 6.45) is 0. The molecule has 1 amide bonds. The van der Waals surface area contributed by atoms with Gasteiger partial charge in [0, 0.05) is 4.47 Å². The highest BCUT2D eigenvalue weighted by Crippen LogP contribution is 2.27. The maximum absolute atomic E-state index is 11.3. The van der Waals surface area contributed by atoms with Crippen LogP contribution in [-0.2, 0) is 4.79 Å². The van der Waals surface area contributed by atoms with Gasteiger partial charge in [-0.05, 0) is 25.2 Å². The summed E-state index contributed by atoms with van der Waals surface area (Å²) >= 11 is 3.33. The fourth-order valence-corrected chi connectivity index (χ4v) is 1.49. The summed E-state index contributed by atoms with van der Waals surface area (Å²) in [6.45, 7) is 0.273. The van der Waals surface area contributed by atoms with Crippen molar-refractivity contribution in [2.45, 2.75) is 0 Å². The molecule has 0 aliphatic carbocycles. The molecule has 15 heavy (non-hydrogen) atoms. The number of methoxy groups -OCH3 is 1. The van der Waals surface area contributed by atoms with Gasteiger partial charge < -0.3 is 15.4 Å². The van der Waals surface area contributed by atoms with E-state index in [0.717, 1.165) is 4.47 Å². The van der Waals surface area contributed by atoms with E-state index in [1.807, 2.05) is 6.07 Å². The second-order valence-corrected chi connectivity index (χ2v) is 3.84. The molecular formula is C10H13BrN2O2. The first-order chi connectivity index (χ1) is 7.17. The third kappa shape index (κ3) is 3.53. The first-order valence-electron chi connectivity index (χ1n) is 4.45. The molecule has 82 valence electrons. The molecule has 1 aromatic carbocycles. The Morgan fingerprint density at radius 1 is 1.53 bits per heavy atom. The zero-order valence-electron chi connectivity index (χ0n) is 8.63.